The molecule has 0 saturated heterocycles. The normalized spacial score (nSPS) is 11.4. The van der Waals surface area contributed by atoms with Crippen molar-refractivity contribution in [2.24, 2.45) is 0 Å². The second-order valence-corrected chi connectivity index (χ2v) is 9.61. The van der Waals surface area contributed by atoms with Crippen LogP contribution in [-0.4, -0.2) is 0 Å². The summed E-state index contributed by atoms with van der Waals surface area (Å²) in [5.41, 5.74) is 13.3. The molecule has 0 unspecified atom stereocenters. The van der Waals surface area contributed by atoms with Gasteiger partial charge in [0.05, 0.1) is 0 Å². The van der Waals surface area contributed by atoms with Crippen LogP contribution in [0.2, 0.25) is 0 Å². The molecule has 196 valence electrons. The van der Waals surface area contributed by atoms with Gasteiger partial charge in [-0.25, -0.2) is 17.6 Å². The highest BCUT2D eigenvalue weighted by Gasteiger charge is 2.26. The molecule has 0 fully saturated rings. The van der Waals surface area contributed by atoms with Crippen LogP contribution < -0.4 is 5.73 Å². The van der Waals surface area contributed by atoms with Crippen molar-refractivity contribution in [1.29, 1.82) is 0 Å². The van der Waals surface area contributed by atoms with Crippen molar-refractivity contribution in [3.63, 3.8) is 0 Å². The minimum atomic E-state index is -0.404. The number of nitrogen functional groups attached to an aromatic ring is 1. The van der Waals surface area contributed by atoms with E-state index in [1.807, 2.05) is 19.1 Å². The maximum atomic E-state index is 13.9. The summed E-state index contributed by atoms with van der Waals surface area (Å²) >= 11 is 0. The molecule has 5 aromatic carbocycles. The predicted octanol–water partition coefficient (Wildman–Crippen LogP) is 8.75. The Labute approximate surface area is 225 Å². The second kappa shape index (κ2) is 11.2. The van der Waals surface area contributed by atoms with Crippen LogP contribution in [0.5, 0.6) is 0 Å². The quantitative estimate of drug-likeness (QED) is 0.128. The first-order valence-corrected chi connectivity index (χ1v) is 12.8. The number of benzene rings is 5. The van der Waals surface area contributed by atoms with Gasteiger partial charge in [0.15, 0.2) is 0 Å². The van der Waals surface area contributed by atoms with Gasteiger partial charge in [-0.3, -0.25) is 0 Å². The van der Waals surface area contributed by atoms with Gasteiger partial charge in [0.25, 0.3) is 0 Å². The number of nitrogens with two attached hydrogens (primary N) is 1. The summed E-state index contributed by atoms with van der Waals surface area (Å²) in [6.45, 7) is 2.04. The number of rotatable bonds is 7. The molecule has 0 spiro atoms. The second-order valence-electron chi connectivity index (χ2n) is 9.61. The summed E-state index contributed by atoms with van der Waals surface area (Å²) in [5, 5.41) is 0. The fraction of sp³-hybridized carbons (Fsp3) is 0.118. The fourth-order valence-corrected chi connectivity index (χ4v) is 5.17. The first kappa shape index (κ1) is 26.2. The van der Waals surface area contributed by atoms with Gasteiger partial charge in [-0.1, -0.05) is 67.6 Å². The SMILES string of the molecule is CCc1cc(C(c2ccc(F)cc2)c2ccc(F)cc2)c(N)c(C(c2ccc(F)cc2)c2ccc(F)cc2)c1. The molecular weight excluding hydrogens is 498 g/mol. The van der Waals surface area contributed by atoms with Crippen LogP contribution in [0, 0.1) is 23.3 Å². The van der Waals surface area contributed by atoms with Crippen LogP contribution in [0.3, 0.4) is 0 Å². The third-order valence-electron chi connectivity index (χ3n) is 7.15. The number of hydrogen-bond donors (Lipinski definition) is 1. The van der Waals surface area contributed by atoms with E-state index in [0.717, 1.165) is 38.9 Å². The van der Waals surface area contributed by atoms with Gasteiger partial charge >= 0.3 is 0 Å². The smallest absolute Gasteiger partial charge is 0.123 e. The molecule has 2 N–H and O–H groups in total. The Kier molecular flexibility index (Phi) is 7.51. The summed E-state index contributed by atoms with van der Waals surface area (Å²) in [7, 11) is 0. The molecule has 5 heteroatoms. The van der Waals surface area contributed by atoms with Crippen LogP contribution in [0.25, 0.3) is 0 Å². The summed E-state index contributed by atoms with van der Waals surface area (Å²) in [6, 6.07) is 28.9. The van der Waals surface area contributed by atoms with E-state index in [-0.39, 0.29) is 23.3 Å². The number of aryl methyl sites for hydroxylation is 1. The van der Waals surface area contributed by atoms with Crippen molar-refractivity contribution in [2.45, 2.75) is 25.2 Å². The van der Waals surface area contributed by atoms with E-state index >= 15 is 0 Å². The van der Waals surface area contributed by atoms with E-state index in [1.165, 1.54) is 48.5 Å². The Bertz CT molecular complexity index is 1350. The van der Waals surface area contributed by atoms with Crippen molar-refractivity contribution in [2.75, 3.05) is 5.73 Å². The average Bonchev–Trinajstić information content (AvgIpc) is 2.94. The lowest BCUT2D eigenvalue weighted by atomic mass is 9.78. The summed E-state index contributed by atoms with van der Waals surface area (Å²) in [4.78, 5) is 0. The van der Waals surface area contributed by atoms with E-state index < -0.39 is 11.8 Å². The third kappa shape index (κ3) is 5.58. The first-order valence-electron chi connectivity index (χ1n) is 12.8. The Balaban J connectivity index is 1.77. The van der Waals surface area contributed by atoms with Gasteiger partial charge in [-0.05, 0) is 93.9 Å². The molecule has 0 heterocycles. The van der Waals surface area contributed by atoms with Crippen LogP contribution in [0.15, 0.2) is 109 Å². The zero-order valence-corrected chi connectivity index (χ0v) is 21.3. The monoisotopic (exact) mass is 525 g/mol. The lowest BCUT2D eigenvalue weighted by molar-refractivity contribution is 0.625. The molecule has 0 aliphatic heterocycles. The molecule has 5 rings (SSSR count). The number of halogens is 4. The van der Waals surface area contributed by atoms with Crippen LogP contribution >= 0.6 is 0 Å². The highest BCUT2D eigenvalue weighted by molar-refractivity contribution is 5.66. The topological polar surface area (TPSA) is 26.0 Å². The predicted molar refractivity (Wildman–Crippen MR) is 148 cm³/mol. The molecule has 0 saturated carbocycles. The summed E-state index contributed by atoms with van der Waals surface area (Å²) in [5.74, 6) is -2.25. The lowest BCUT2D eigenvalue weighted by Gasteiger charge is -2.27. The van der Waals surface area contributed by atoms with Gasteiger partial charge in [-0.15, -0.1) is 0 Å². The zero-order chi connectivity index (χ0) is 27.5. The van der Waals surface area contributed by atoms with Gasteiger partial charge in [-0.2, -0.15) is 0 Å². The maximum Gasteiger partial charge on any atom is 0.123 e. The van der Waals surface area contributed by atoms with Crippen LogP contribution in [0.1, 0.15) is 57.7 Å². The van der Waals surface area contributed by atoms with E-state index in [1.54, 1.807) is 48.5 Å². The Morgan fingerprint density at radius 2 is 0.744 bits per heavy atom. The van der Waals surface area contributed by atoms with Crippen molar-refractivity contribution in [1.82, 2.24) is 0 Å². The maximum absolute atomic E-state index is 13.9. The van der Waals surface area contributed by atoms with Crippen molar-refractivity contribution < 1.29 is 17.6 Å². The molecule has 0 bridgehead atoms. The first-order chi connectivity index (χ1) is 18.8. The minimum absolute atomic E-state index is 0.361. The third-order valence-corrected chi connectivity index (χ3v) is 7.15. The molecule has 0 aliphatic carbocycles. The number of hydrogen-bond acceptors (Lipinski definition) is 1. The molecule has 1 nitrogen and oxygen atoms in total. The largest absolute Gasteiger partial charge is 0.398 e. The van der Waals surface area contributed by atoms with Gasteiger partial charge in [0.1, 0.15) is 23.3 Å². The van der Waals surface area contributed by atoms with Gasteiger partial charge in [0, 0.05) is 17.5 Å². The van der Waals surface area contributed by atoms with E-state index in [2.05, 4.69) is 0 Å². The molecule has 0 amide bonds. The minimum Gasteiger partial charge on any atom is -0.398 e. The lowest BCUT2D eigenvalue weighted by Crippen LogP contribution is -2.13. The summed E-state index contributed by atoms with van der Waals surface area (Å²) in [6.07, 6.45) is 0.708. The molecule has 0 radical (unpaired) electrons. The Morgan fingerprint density at radius 3 is 0.974 bits per heavy atom. The Morgan fingerprint density at radius 1 is 0.487 bits per heavy atom. The number of anilines is 1. The van der Waals surface area contributed by atoms with Gasteiger partial charge in [0.2, 0.25) is 0 Å². The van der Waals surface area contributed by atoms with Crippen LogP contribution in [0.4, 0.5) is 23.2 Å². The molecule has 0 atom stereocenters. The fourth-order valence-electron chi connectivity index (χ4n) is 5.17. The molecule has 39 heavy (non-hydrogen) atoms. The average molecular weight is 526 g/mol. The van der Waals surface area contributed by atoms with Crippen molar-refractivity contribution >= 4 is 5.69 Å². The highest BCUT2D eigenvalue weighted by Crippen LogP contribution is 2.43. The molecular formula is C34H27F4N. The standard InChI is InChI=1S/C34H27F4N/c1-2-21-19-30(32(22-3-11-26(35)12-4-22)23-5-13-27(36)14-6-23)34(39)31(20-21)33(24-7-15-28(37)16-8-24)25-9-17-29(38)18-10-25/h3-20,32-33H,2,39H2,1H3. The highest BCUT2D eigenvalue weighted by atomic mass is 19.1. The summed E-state index contributed by atoms with van der Waals surface area (Å²) < 4.78 is 55.5. The van der Waals surface area contributed by atoms with Crippen molar-refractivity contribution in [3.05, 3.63) is 171 Å². The van der Waals surface area contributed by atoms with E-state index in [0.29, 0.717) is 12.1 Å². The molecule has 0 aromatic heterocycles. The van der Waals surface area contributed by atoms with E-state index in [4.69, 9.17) is 5.73 Å². The van der Waals surface area contributed by atoms with E-state index in [9.17, 15) is 17.6 Å². The molecule has 5 aromatic rings. The van der Waals surface area contributed by atoms with Crippen LogP contribution in [-0.2, 0) is 6.42 Å². The Hall–Kier alpha value is -4.38. The molecule has 0 aliphatic rings. The zero-order valence-electron chi connectivity index (χ0n) is 21.3. The van der Waals surface area contributed by atoms with Crippen molar-refractivity contribution in [3.8, 4) is 0 Å². The van der Waals surface area contributed by atoms with Gasteiger partial charge < -0.3 is 5.73 Å².